The molecule has 0 aliphatic heterocycles. The zero-order chi connectivity index (χ0) is 21.4. The van der Waals surface area contributed by atoms with Crippen LogP contribution in [-0.2, 0) is 32.0 Å². The second-order valence-corrected chi connectivity index (χ2v) is 7.42. The molecule has 0 aromatic heterocycles. The number of hydrogen-bond donors (Lipinski definition) is 2. The summed E-state index contributed by atoms with van der Waals surface area (Å²) in [4.78, 5) is 36.6. The van der Waals surface area contributed by atoms with Gasteiger partial charge in [0.05, 0.1) is 7.11 Å². The quantitative estimate of drug-likeness (QED) is 0.587. The Bertz CT molecular complexity index is 873. The lowest BCUT2D eigenvalue weighted by Crippen LogP contribution is -2.53. The Balaban J connectivity index is 2.16. The van der Waals surface area contributed by atoms with Crippen LogP contribution in [0.15, 0.2) is 53.0 Å². The maximum Gasteiger partial charge on any atom is 0.328 e. The fourth-order valence-electron chi connectivity index (χ4n) is 2.82. The minimum Gasteiger partial charge on any atom is -0.467 e. The largest absolute Gasteiger partial charge is 0.467 e. The van der Waals surface area contributed by atoms with Gasteiger partial charge in [-0.1, -0.05) is 40.2 Å². The molecular formula is C21H22BrFN2O4. The van der Waals surface area contributed by atoms with Crippen LogP contribution in [-0.4, -0.2) is 37.0 Å². The molecule has 0 unspecified atom stereocenters. The average Bonchev–Trinajstić information content (AvgIpc) is 2.67. The lowest BCUT2D eigenvalue weighted by Gasteiger charge is -2.22. The smallest absolute Gasteiger partial charge is 0.328 e. The normalized spacial score (nSPS) is 12.6. The van der Waals surface area contributed by atoms with E-state index in [9.17, 15) is 18.8 Å². The van der Waals surface area contributed by atoms with Gasteiger partial charge in [-0.05, 0) is 35.4 Å². The molecule has 0 saturated heterocycles. The van der Waals surface area contributed by atoms with E-state index in [1.165, 1.54) is 38.3 Å². The van der Waals surface area contributed by atoms with Gasteiger partial charge in [-0.15, -0.1) is 0 Å². The summed E-state index contributed by atoms with van der Waals surface area (Å²) in [5.74, 6) is -1.92. The molecule has 2 atom stereocenters. The molecule has 0 spiro atoms. The molecule has 0 radical (unpaired) electrons. The minimum atomic E-state index is -0.925. The van der Waals surface area contributed by atoms with E-state index in [0.29, 0.717) is 5.56 Å². The molecule has 0 bridgehead atoms. The van der Waals surface area contributed by atoms with Gasteiger partial charge < -0.3 is 15.4 Å². The van der Waals surface area contributed by atoms with Crippen LogP contribution in [0.3, 0.4) is 0 Å². The molecule has 0 aliphatic rings. The van der Waals surface area contributed by atoms with Crippen molar-refractivity contribution >= 4 is 33.7 Å². The number of rotatable bonds is 8. The molecule has 0 aliphatic carbocycles. The molecule has 2 rings (SSSR count). The van der Waals surface area contributed by atoms with Gasteiger partial charge in [-0.25, -0.2) is 9.18 Å². The number of halogens is 2. The SMILES string of the molecule is COC(=O)[C@@H](Cc1cccc(Br)c1)NC(=O)[C@@H](Cc1ccc(F)cc1)NC(C)=O. The van der Waals surface area contributed by atoms with Crippen LogP contribution in [0.5, 0.6) is 0 Å². The zero-order valence-electron chi connectivity index (χ0n) is 16.1. The van der Waals surface area contributed by atoms with Crippen LogP contribution >= 0.6 is 15.9 Å². The molecule has 8 heteroatoms. The highest BCUT2D eigenvalue weighted by molar-refractivity contribution is 9.10. The van der Waals surface area contributed by atoms with Crippen LogP contribution in [0.1, 0.15) is 18.1 Å². The van der Waals surface area contributed by atoms with E-state index in [1.54, 1.807) is 0 Å². The minimum absolute atomic E-state index is 0.149. The van der Waals surface area contributed by atoms with Crippen molar-refractivity contribution in [2.24, 2.45) is 0 Å². The van der Waals surface area contributed by atoms with Crippen molar-refractivity contribution in [1.82, 2.24) is 10.6 Å². The van der Waals surface area contributed by atoms with Gasteiger partial charge in [-0.2, -0.15) is 0 Å². The second kappa shape index (κ2) is 10.7. The lowest BCUT2D eigenvalue weighted by molar-refractivity contribution is -0.145. The number of benzene rings is 2. The van der Waals surface area contributed by atoms with Gasteiger partial charge in [0.2, 0.25) is 11.8 Å². The van der Waals surface area contributed by atoms with E-state index in [1.807, 2.05) is 24.3 Å². The van der Waals surface area contributed by atoms with Crippen molar-refractivity contribution in [3.8, 4) is 0 Å². The Labute approximate surface area is 177 Å². The van der Waals surface area contributed by atoms with E-state index in [2.05, 4.69) is 26.6 Å². The first-order valence-corrected chi connectivity index (χ1v) is 9.72. The summed E-state index contributed by atoms with van der Waals surface area (Å²) in [5.41, 5.74) is 1.49. The maximum atomic E-state index is 13.1. The highest BCUT2D eigenvalue weighted by Gasteiger charge is 2.27. The molecule has 2 aromatic carbocycles. The number of amides is 2. The summed E-state index contributed by atoms with van der Waals surface area (Å²) in [7, 11) is 1.24. The third-order valence-corrected chi connectivity index (χ3v) is 4.67. The topological polar surface area (TPSA) is 84.5 Å². The Hall–Kier alpha value is -2.74. The summed E-state index contributed by atoms with van der Waals surface area (Å²) in [6.07, 6.45) is 0.373. The number of nitrogens with one attached hydrogen (secondary N) is 2. The molecule has 0 heterocycles. The fourth-order valence-corrected chi connectivity index (χ4v) is 3.26. The van der Waals surface area contributed by atoms with Crippen molar-refractivity contribution in [2.75, 3.05) is 7.11 Å². The number of carbonyl (C=O) groups excluding carboxylic acids is 3. The van der Waals surface area contributed by atoms with Gasteiger partial charge >= 0.3 is 5.97 Å². The average molecular weight is 465 g/mol. The number of esters is 1. The van der Waals surface area contributed by atoms with Crippen LogP contribution in [0.2, 0.25) is 0 Å². The summed E-state index contributed by atoms with van der Waals surface area (Å²) >= 11 is 3.37. The highest BCUT2D eigenvalue weighted by atomic mass is 79.9. The Kier molecular flexibility index (Phi) is 8.33. The first kappa shape index (κ1) is 22.5. The molecule has 0 saturated carbocycles. The van der Waals surface area contributed by atoms with E-state index < -0.39 is 35.7 Å². The summed E-state index contributed by atoms with van der Waals surface area (Å²) in [6, 6.07) is 11.1. The van der Waals surface area contributed by atoms with Crippen LogP contribution in [0.25, 0.3) is 0 Å². The monoisotopic (exact) mass is 464 g/mol. The van der Waals surface area contributed by atoms with Crippen molar-refractivity contribution in [2.45, 2.75) is 31.8 Å². The van der Waals surface area contributed by atoms with Crippen LogP contribution in [0, 0.1) is 5.82 Å². The number of hydrogen-bond acceptors (Lipinski definition) is 4. The third-order valence-electron chi connectivity index (χ3n) is 4.18. The molecule has 6 nitrogen and oxygen atoms in total. The molecule has 29 heavy (non-hydrogen) atoms. The lowest BCUT2D eigenvalue weighted by atomic mass is 10.0. The molecular weight excluding hydrogens is 443 g/mol. The molecule has 154 valence electrons. The van der Waals surface area contributed by atoms with E-state index in [4.69, 9.17) is 4.74 Å². The summed E-state index contributed by atoms with van der Waals surface area (Å²) in [6.45, 7) is 1.30. The predicted molar refractivity (Wildman–Crippen MR) is 110 cm³/mol. The summed E-state index contributed by atoms with van der Waals surface area (Å²) < 4.78 is 18.8. The van der Waals surface area contributed by atoms with Crippen molar-refractivity contribution < 1.29 is 23.5 Å². The van der Waals surface area contributed by atoms with Crippen LogP contribution < -0.4 is 10.6 Å². The third kappa shape index (κ3) is 7.30. The molecule has 2 amide bonds. The summed E-state index contributed by atoms with van der Waals surface area (Å²) in [5, 5.41) is 5.23. The van der Waals surface area contributed by atoms with E-state index in [-0.39, 0.29) is 12.8 Å². The van der Waals surface area contributed by atoms with Crippen molar-refractivity contribution in [1.29, 1.82) is 0 Å². The Morgan fingerprint density at radius 2 is 1.66 bits per heavy atom. The van der Waals surface area contributed by atoms with Crippen LogP contribution in [0.4, 0.5) is 4.39 Å². The van der Waals surface area contributed by atoms with Crippen molar-refractivity contribution in [3.63, 3.8) is 0 Å². The van der Waals surface area contributed by atoms with E-state index in [0.717, 1.165) is 10.0 Å². The molecule has 2 N–H and O–H groups in total. The standard InChI is InChI=1S/C21H22BrFN2O4/c1-13(26)24-18(11-14-6-8-17(23)9-7-14)20(27)25-19(21(28)29-2)12-15-4-3-5-16(22)10-15/h3-10,18-19H,11-12H2,1-2H3,(H,24,26)(H,25,27)/t18-,19-/m1/s1. The number of ether oxygens (including phenoxy) is 1. The Morgan fingerprint density at radius 1 is 1.00 bits per heavy atom. The Morgan fingerprint density at radius 3 is 2.24 bits per heavy atom. The number of methoxy groups -OCH3 is 1. The maximum absolute atomic E-state index is 13.1. The van der Waals surface area contributed by atoms with Gasteiger partial charge in [-0.3, -0.25) is 9.59 Å². The van der Waals surface area contributed by atoms with Gasteiger partial charge in [0.15, 0.2) is 0 Å². The predicted octanol–water partition coefficient (Wildman–Crippen LogP) is 2.54. The van der Waals surface area contributed by atoms with E-state index >= 15 is 0 Å². The fraction of sp³-hybridized carbons (Fsp3) is 0.286. The van der Waals surface area contributed by atoms with Gasteiger partial charge in [0.1, 0.15) is 17.9 Å². The zero-order valence-corrected chi connectivity index (χ0v) is 17.7. The van der Waals surface area contributed by atoms with Crippen molar-refractivity contribution in [3.05, 3.63) is 69.9 Å². The number of carbonyl (C=O) groups is 3. The van der Waals surface area contributed by atoms with Gasteiger partial charge in [0, 0.05) is 24.2 Å². The second-order valence-electron chi connectivity index (χ2n) is 6.50. The van der Waals surface area contributed by atoms with Gasteiger partial charge in [0.25, 0.3) is 0 Å². The molecule has 2 aromatic rings. The first-order chi connectivity index (χ1) is 13.8. The highest BCUT2D eigenvalue weighted by Crippen LogP contribution is 2.14. The molecule has 0 fully saturated rings. The first-order valence-electron chi connectivity index (χ1n) is 8.92.